The number of carbonyl (C=O) groups is 3. The minimum atomic E-state index is -5.08. The van der Waals surface area contributed by atoms with E-state index in [1.54, 1.807) is 6.92 Å². The van der Waals surface area contributed by atoms with Crippen LogP contribution in [0.2, 0.25) is 5.02 Å². The number of hydrogen-bond acceptors (Lipinski definition) is 7. The first-order valence-corrected chi connectivity index (χ1v) is 12.9. The Morgan fingerprint density at radius 2 is 1.84 bits per heavy atom. The third-order valence-electron chi connectivity index (χ3n) is 5.38. The number of nitrogens with one attached hydrogen (secondary N) is 2. The molecule has 0 aliphatic heterocycles. The molecule has 1 atom stereocenters. The number of carbonyl (C=O) groups excluding carboxylic acids is 2. The fraction of sp³-hybridized carbons (Fsp3) is 0.346. The Labute approximate surface area is 256 Å². The lowest BCUT2D eigenvalue weighted by Crippen LogP contribution is -2.29. The first-order valence-electron chi connectivity index (χ1n) is 12.5. The SMILES string of the molecule is C#CCn1cc(-c2cnc(C(=O)Nc3ccc(C(=O)NCCOC[C@@H](C)N)c(Cl)c3)n2C)c(C(F)(F)F)n1.O=C(O)C(F)(F)F. The van der Waals surface area contributed by atoms with Gasteiger partial charge in [0.1, 0.15) is 6.54 Å². The van der Waals surface area contributed by atoms with E-state index in [9.17, 15) is 35.9 Å². The average Bonchev–Trinajstić information content (AvgIpc) is 3.51. The topological polar surface area (TPSA) is 166 Å². The minimum absolute atomic E-state index is 0.0145. The monoisotopic (exact) mass is 665 g/mol. The van der Waals surface area contributed by atoms with Gasteiger partial charge in [0.15, 0.2) is 11.5 Å². The number of nitrogens with two attached hydrogens (primary N) is 1. The average molecular weight is 666 g/mol. The van der Waals surface area contributed by atoms with Crippen molar-refractivity contribution in [3.8, 4) is 23.6 Å². The van der Waals surface area contributed by atoms with Gasteiger partial charge in [-0.1, -0.05) is 17.5 Å². The molecule has 0 fully saturated rings. The molecule has 0 bridgehead atoms. The summed E-state index contributed by atoms with van der Waals surface area (Å²) in [5, 5.41) is 16.0. The number of hydrogen-bond donors (Lipinski definition) is 4. The molecule has 2 amide bonds. The molecule has 45 heavy (non-hydrogen) atoms. The molecular weight excluding hydrogens is 640 g/mol. The maximum atomic E-state index is 13.5. The number of carboxylic acid groups (broad SMARTS) is 1. The van der Waals surface area contributed by atoms with E-state index in [-0.39, 0.29) is 59.1 Å². The first kappa shape index (κ1) is 36.6. The highest BCUT2D eigenvalue weighted by molar-refractivity contribution is 6.34. The van der Waals surface area contributed by atoms with Crippen molar-refractivity contribution in [1.29, 1.82) is 0 Å². The summed E-state index contributed by atoms with van der Waals surface area (Å²) in [5.74, 6) is -1.83. The van der Waals surface area contributed by atoms with Crippen LogP contribution in [0, 0.1) is 12.3 Å². The molecule has 0 unspecified atom stereocenters. The lowest BCUT2D eigenvalue weighted by Gasteiger charge is -2.11. The summed E-state index contributed by atoms with van der Waals surface area (Å²) < 4.78 is 79.9. The largest absolute Gasteiger partial charge is 0.490 e. The normalized spacial score (nSPS) is 12.0. The molecule has 12 nitrogen and oxygen atoms in total. The number of rotatable bonds is 10. The highest BCUT2D eigenvalue weighted by Crippen LogP contribution is 2.36. The van der Waals surface area contributed by atoms with Crippen LogP contribution in [0.5, 0.6) is 0 Å². The van der Waals surface area contributed by atoms with Gasteiger partial charge in [-0.05, 0) is 25.1 Å². The Morgan fingerprint density at radius 3 is 2.38 bits per heavy atom. The van der Waals surface area contributed by atoms with Crippen LogP contribution in [0.3, 0.4) is 0 Å². The highest BCUT2D eigenvalue weighted by Gasteiger charge is 2.39. The molecule has 3 rings (SSSR count). The smallest absolute Gasteiger partial charge is 0.475 e. The van der Waals surface area contributed by atoms with Crippen LogP contribution in [0.4, 0.5) is 32.0 Å². The van der Waals surface area contributed by atoms with E-state index < -0.39 is 35.8 Å². The van der Waals surface area contributed by atoms with Gasteiger partial charge in [-0.3, -0.25) is 14.3 Å². The number of aromatic nitrogens is 4. The Kier molecular flexibility index (Phi) is 12.5. The summed E-state index contributed by atoms with van der Waals surface area (Å²) in [6, 6.07) is 4.14. The molecule has 0 saturated heterocycles. The Balaban J connectivity index is 0.000000900. The fourth-order valence-corrected chi connectivity index (χ4v) is 3.70. The van der Waals surface area contributed by atoms with Crippen LogP contribution in [-0.2, 0) is 29.3 Å². The molecule has 1 aromatic carbocycles. The minimum Gasteiger partial charge on any atom is -0.475 e. The predicted octanol–water partition coefficient (Wildman–Crippen LogP) is 3.57. The molecule has 5 N–H and O–H groups in total. The van der Waals surface area contributed by atoms with E-state index in [0.29, 0.717) is 6.61 Å². The van der Waals surface area contributed by atoms with E-state index in [4.69, 9.17) is 38.4 Å². The zero-order valence-corrected chi connectivity index (χ0v) is 24.2. The second-order valence-corrected chi connectivity index (χ2v) is 9.48. The number of alkyl halides is 6. The van der Waals surface area contributed by atoms with Gasteiger partial charge in [0.2, 0.25) is 0 Å². The van der Waals surface area contributed by atoms with E-state index in [0.717, 1.165) is 17.1 Å². The third kappa shape index (κ3) is 10.5. The van der Waals surface area contributed by atoms with Crippen LogP contribution < -0.4 is 16.4 Å². The first-order chi connectivity index (χ1) is 20.9. The number of benzene rings is 1. The van der Waals surface area contributed by atoms with Crippen molar-refractivity contribution < 1.29 is 50.6 Å². The molecule has 3 aromatic rings. The van der Waals surface area contributed by atoms with Gasteiger partial charge in [0.25, 0.3) is 11.8 Å². The number of aliphatic carboxylic acids is 1. The summed E-state index contributed by atoms with van der Waals surface area (Å²) in [6.07, 6.45) is -2.35. The van der Waals surface area contributed by atoms with Gasteiger partial charge < -0.3 is 30.8 Å². The molecule has 0 saturated carbocycles. The second kappa shape index (κ2) is 15.4. The Bertz CT molecular complexity index is 1560. The third-order valence-corrected chi connectivity index (χ3v) is 5.69. The molecule has 244 valence electrons. The number of amides is 2. The van der Waals surface area contributed by atoms with Gasteiger partial charge in [0.05, 0.1) is 41.3 Å². The van der Waals surface area contributed by atoms with E-state index in [1.807, 2.05) is 0 Å². The molecule has 19 heteroatoms. The molecule has 2 aromatic heterocycles. The summed E-state index contributed by atoms with van der Waals surface area (Å²) in [5.41, 5.74) is 4.60. The maximum Gasteiger partial charge on any atom is 0.490 e. The Hall–Kier alpha value is -4.60. The molecule has 2 heterocycles. The summed E-state index contributed by atoms with van der Waals surface area (Å²) >= 11 is 6.23. The molecule has 0 aliphatic rings. The molecule has 0 aliphatic carbocycles. The van der Waals surface area contributed by atoms with Crippen LogP contribution in [0.15, 0.2) is 30.6 Å². The predicted molar refractivity (Wildman–Crippen MR) is 148 cm³/mol. The van der Waals surface area contributed by atoms with E-state index in [2.05, 4.69) is 26.6 Å². The number of imidazole rings is 1. The molecular formula is C26H26ClF6N7O5. The van der Waals surface area contributed by atoms with Crippen molar-refractivity contribution in [1.82, 2.24) is 24.6 Å². The van der Waals surface area contributed by atoms with Gasteiger partial charge in [-0.2, -0.15) is 31.4 Å². The van der Waals surface area contributed by atoms with Crippen LogP contribution in [0.25, 0.3) is 11.3 Å². The van der Waals surface area contributed by atoms with E-state index >= 15 is 0 Å². The zero-order valence-electron chi connectivity index (χ0n) is 23.5. The standard InChI is InChI=1S/C24H25ClF3N7O3.C2HF3O2/c1-4-8-35-12-17(20(33-35)24(26,27)28)19-11-31-21(34(19)3)23(37)32-15-5-6-16(18(25)10-15)22(36)30-7-9-38-13-14(2)29;3-2(4,5)1(6)7/h1,5-6,10-12,14H,7-9,13,29H2,2-3H3,(H,30,36)(H,32,37);(H,6,7)/t14-;/m1./s1. The second-order valence-electron chi connectivity index (χ2n) is 9.08. The molecule has 0 spiro atoms. The Morgan fingerprint density at radius 1 is 1.20 bits per heavy atom. The van der Waals surface area contributed by atoms with Gasteiger partial charge in [0, 0.05) is 31.5 Å². The van der Waals surface area contributed by atoms with Crippen molar-refractivity contribution in [2.45, 2.75) is 31.9 Å². The quantitative estimate of drug-likeness (QED) is 0.145. The van der Waals surface area contributed by atoms with Crippen molar-refractivity contribution >= 4 is 35.1 Å². The summed E-state index contributed by atoms with van der Waals surface area (Å²) in [4.78, 5) is 38.1. The highest BCUT2D eigenvalue weighted by atomic mass is 35.5. The van der Waals surface area contributed by atoms with Gasteiger partial charge >= 0.3 is 18.3 Å². The fourth-order valence-electron chi connectivity index (χ4n) is 3.43. The van der Waals surface area contributed by atoms with E-state index in [1.165, 1.54) is 29.8 Å². The number of halogens is 7. The van der Waals surface area contributed by atoms with Gasteiger partial charge in [-0.25, -0.2) is 9.78 Å². The van der Waals surface area contributed by atoms with Crippen molar-refractivity contribution in [3.63, 3.8) is 0 Å². The van der Waals surface area contributed by atoms with Gasteiger partial charge in [-0.15, -0.1) is 6.42 Å². The van der Waals surface area contributed by atoms with Crippen LogP contribution >= 0.6 is 11.6 Å². The number of terminal acetylenes is 1. The molecule has 0 radical (unpaired) electrons. The summed E-state index contributed by atoms with van der Waals surface area (Å²) in [6.45, 7) is 2.53. The zero-order chi connectivity index (χ0) is 34.1. The number of anilines is 1. The number of nitrogens with zero attached hydrogens (tertiary/aromatic N) is 4. The van der Waals surface area contributed by atoms with Crippen LogP contribution in [0.1, 0.15) is 33.6 Å². The maximum absolute atomic E-state index is 13.5. The van der Waals surface area contributed by atoms with Crippen molar-refractivity contribution in [2.75, 3.05) is 25.1 Å². The van der Waals surface area contributed by atoms with Crippen molar-refractivity contribution in [2.24, 2.45) is 12.8 Å². The lowest BCUT2D eigenvalue weighted by molar-refractivity contribution is -0.192. The van der Waals surface area contributed by atoms with Crippen LogP contribution in [-0.4, -0.2) is 74.2 Å². The lowest BCUT2D eigenvalue weighted by atomic mass is 10.2. The number of carboxylic acids is 1. The summed E-state index contributed by atoms with van der Waals surface area (Å²) in [7, 11) is 1.40. The number of ether oxygens (including phenoxy) is 1. The van der Waals surface area contributed by atoms with Crippen molar-refractivity contribution in [3.05, 3.63) is 52.7 Å².